The standard InChI is InChI=1S/C19H34N4O2S/c1-6-17-10-12-18(13-11-17)16-22(4)19(20-7-2)21-14-9-15-23(5)26(24,25)8-3/h10-13H,6-9,14-16H2,1-5H3,(H,20,21). The molecule has 0 heterocycles. The number of hydrogen-bond donors (Lipinski definition) is 1. The second-order valence-electron chi connectivity index (χ2n) is 6.34. The van der Waals surface area contributed by atoms with Gasteiger partial charge >= 0.3 is 0 Å². The van der Waals surface area contributed by atoms with Crippen molar-refractivity contribution < 1.29 is 8.42 Å². The summed E-state index contributed by atoms with van der Waals surface area (Å²) in [5.41, 5.74) is 2.58. The summed E-state index contributed by atoms with van der Waals surface area (Å²) < 4.78 is 24.9. The van der Waals surface area contributed by atoms with E-state index in [0.29, 0.717) is 19.5 Å². The third-order valence-corrected chi connectivity index (χ3v) is 6.14. The lowest BCUT2D eigenvalue weighted by Crippen LogP contribution is -2.38. The summed E-state index contributed by atoms with van der Waals surface area (Å²) in [5, 5.41) is 3.30. The molecular weight excluding hydrogens is 348 g/mol. The van der Waals surface area contributed by atoms with Crippen LogP contribution in [-0.2, 0) is 23.0 Å². The quantitative estimate of drug-likeness (QED) is 0.383. The number of aliphatic imine (C=N–C) groups is 1. The zero-order chi connectivity index (χ0) is 19.6. The van der Waals surface area contributed by atoms with Crippen molar-refractivity contribution in [2.75, 3.05) is 39.5 Å². The molecule has 6 nitrogen and oxygen atoms in total. The molecule has 0 spiro atoms. The van der Waals surface area contributed by atoms with E-state index in [1.54, 1.807) is 14.0 Å². The van der Waals surface area contributed by atoms with Crippen LogP contribution in [0.2, 0.25) is 0 Å². The molecule has 1 aromatic carbocycles. The second kappa shape index (κ2) is 11.2. The van der Waals surface area contributed by atoms with Crippen LogP contribution in [0.4, 0.5) is 0 Å². The fourth-order valence-electron chi connectivity index (χ4n) is 2.54. The first-order valence-electron chi connectivity index (χ1n) is 9.35. The molecule has 148 valence electrons. The van der Waals surface area contributed by atoms with Crippen molar-refractivity contribution in [2.45, 2.75) is 40.2 Å². The molecule has 0 atom stereocenters. The Bertz CT molecular complexity index is 657. The molecule has 0 fully saturated rings. The van der Waals surface area contributed by atoms with E-state index in [2.05, 4.69) is 46.4 Å². The maximum absolute atomic E-state index is 11.8. The molecule has 1 N–H and O–H groups in total. The van der Waals surface area contributed by atoms with E-state index >= 15 is 0 Å². The zero-order valence-electron chi connectivity index (χ0n) is 16.8. The monoisotopic (exact) mass is 382 g/mol. The number of rotatable bonds is 10. The summed E-state index contributed by atoms with van der Waals surface area (Å²) in [6.07, 6.45) is 1.74. The van der Waals surface area contributed by atoms with Gasteiger partial charge in [-0.1, -0.05) is 31.2 Å². The first-order valence-corrected chi connectivity index (χ1v) is 11.0. The Balaban J connectivity index is 2.60. The van der Waals surface area contributed by atoms with Crippen LogP contribution in [0.15, 0.2) is 29.3 Å². The predicted octanol–water partition coefficient (Wildman–Crippen LogP) is 2.32. The summed E-state index contributed by atoms with van der Waals surface area (Å²) in [6.45, 7) is 8.50. The molecule has 0 aliphatic heterocycles. The van der Waals surface area contributed by atoms with E-state index in [0.717, 1.165) is 25.5 Å². The summed E-state index contributed by atoms with van der Waals surface area (Å²) in [5.74, 6) is 0.975. The normalized spacial score (nSPS) is 12.5. The van der Waals surface area contributed by atoms with Crippen molar-refractivity contribution in [3.05, 3.63) is 35.4 Å². The predicted molar refractivity (Wildman–Crippen MR) is 110 cm³/mol. The Hall–Kier alpha value is -1.60. The maximum Gasteiger partial charge on any atom is 0.213 e. The molecule has 1 aromatic rings. The van der Waals surface area contributed by atoms with Crippen LogP contribution in [0.3, 0.4) is 0 Å². The third kappa shape index (κ3) is 7.33. The average molecular weight is 383 g/mol. The van der Waals surface area contributed by atoms with Gasteiger partial charge in [-0.2, -0.15) is 0 Å². The van der Waals surface area contributed by atoms with E-state index in [9.17, 15) is 8.42 Å². The van der Waals surface area contributed by atoms with Gasteiger partial charge in [0.1, 0.15) is 0 Å². The van der Waals surface area contributed by atoms with Crippen molar-refractivity contribution in [3.8, 4) is 0 Å². The summed E-state index contributed by atoms with van der Waals surface area (Å²) >= 11 is 0. The van der Waals surface area contributed by atoms with Gasteiger partial charge in [0.05, 0.1) is 5.75 Å². The third-order valence-electron chi connectivity index (χ3n) is 4.28. The smallest absolute Gasteiger partial charge is 0.213 e. The summed E-state index contributed by atoms with van der Waals surface area (Å²) in [6, 6.07) is 8.64. The molecule has 0 aromatic heterocycles. The molecule has 0 saturated heterocycles. The highest BCUT2D eigenvalue weighted by Gasteiger charge is 2.14. The lowest BCUT2D eigenvalue weighted by atomic mass is 10.1. The topological polar surface area (TPSA) is 65.0 Å². The van der Waals surface area contributed by atoms with E-state index in [1.165, 1.54) is 15.4 Å². The first kappa shape index (κ1) is 22.4. The Labute approximate surface area is 159 Å². The SMILES string of the molecule is CCNC(=NCCCN(C)S(=O)(=O)CC)N(C)Cc1ccc(CC)cc1. The molecule has 26 heavy (non-hydrogen) atoms. The number of aryl methyl sites for hydroxylation is 1. The van der Waals surface area contributed by atoms with Crippen LogP contribution in [0.5, 0.6) is 0 Å². The van der Waals surface area contributed by atoms with Crippen LogP contribution in [0.25, 0.3) is 0 Å². The lowest BCUT2D eigenvalue weighted by molar-refractivity contribution is 0.459. The Morgan fingerprint density at radius 2 is 1.69 bits per heavy atom. The van der Waals surface area contributed by atoms with Crippen LogP contribution in [0, 0.1) is 0 Å². The second-order valence-corrected chi connectivity index (χ2v) is 8.70. The van der Waals surface area contributed by atoms with Gasteiger partial charge in [0.2, 0.25) is 10.0 Å². The van der Waals surface area contributed by atoms with Crippen molar-refractivity contribution in [3.63, 3.8) is 0 Å². The van der Waals surface area contributed by atoms with Gasteiger partial charge in [-0.15, -0.1) is 0 Å². The van der Waals surface area contributed by atoms with Crippen molar-refractivity contribution in [2.24, 2.45) is 4.99 Å². The minimum Gasteiger partial charge on any atom is -0.357 e. The molecule has 0 unspecified atom stereocenters. The number of guanidine groups is 1. The Morgan fingerprint density at radius 3 is 2.23 bits per heavy atom. The summed E-state index contributed by atoms with van der Waals surface area (Å²) in [7, 11) is 0.528. The highest BCUT2D eigenvalue weighted by molar-refractivity contribution is 7.89. The van der Waals surface area contributed by atoms with Crippen LogP contribution >= 0.6 is 0 Å². The number of sulfonamides is 1. The van der Waals surface area contributed by atoms with Crippen LogP contribution in [0.1, 0.15) is 38.3 Å². The molecule has 0 radical (unpaired) electrons. The van der Waals surface area contributed by atoms with Crippen LogP contribution in [-0.4, -0.2) is 63.1 Å². The molecule has 0 saturated carbocycles. The highest BCUT2D eigenvalue weighted by Crippen LogP contribution is 2.08. The molecule has 1 rings (SSSR count). The highest BCUT2D eigenvalue weighted by atomic mass is 32.2. The minimum atomic E-state index is -3.11. The molecule has 0 bridgehead atoms. The minimum absolute atomic E-state index is 0.134. The fourth-order valence-corrected chi connectivity index (χ4v) is 3.38. The molecule has 0 aliphatic carbocycles. The number of nitrogens with zero attached hydrogens (tertiary/aromatic N) is 3. The van der Waals surface area contributed by atoms with Gasteiger partial charge in [-0.05, 0) is 37.8 Å². The van der Waals surface area contributed by atoms with Gasteiger partial charge in [0.25, 0.3) is 0 Å². The lowest BCUT2D eigenvalue weighted by Gasteiger charge is -2.22. The van der Waals surface area contributed by atoms with E-state index in [4.69, 9.17) is 0 Å². The van der Waals surface area contributed by atoms with Gasteiger partial charge in [-0.25, -0.2) is 12.7 Å². The van der Waals surface area contributed by atoms with Gasteiger partial charge in [-0.3, -0.25) is 4.99 Å². The molecule has 7 heteroatoms. The van der Waals surface area contributed by atoms with Crippen molar-refractivity contribution in [1.82, 2.24) is 14.5 Å². The van der Waals surface area contributed by atoms with E-state index in [-0.39, 0.29) is 5.75 Å². The van der Waals surface area contributed by atoms with Crippen molar-refractivity contribution >= 4 is 16.0 Å². The maximum atomic E-state index is 11.8. The number of nitrogens with one attached hydrogen (secondary N) is 1. The average Bonchev–Trinajstić information content (AvgIpc) is 2.64. The number of hydrogen-bond acceptors (Lipinski definition) is 3. The Kier molecular flexibility index (Phi) is 9.65. The fraction of sp³-hybridized carbons (Fsp3) is 0.632. The van der Waals surface area contributed by atoms with Gasteiger partial charge < -0.3 is 10.2 Å². The van der Waals surface area contributed by atoms with Gasteiger partial charge in [0, 0.05) is 40.3 Å². The largest absolute Gasteiger partial charge is 0.357 e. The molecular formula is C19H34N4O2S. The van der Waals surface area contributed by atoms with E-state index < -0.39 is 10.0 Å². The molecule has 0 aliphatic rings. The van der Waals surface area contributed by atoms with E-state index in [1.807, 2.05) is 14.0 Å². The van der Waals surface area contributed by atoms with Gasteiger partial charge in [0.15, 0.2) is 5.96 Å². The van der Waals surface area contributed by atoms with Crippen molar-refractivity contribution in [1.29, 1.82) is 0 Å². The number of benzene rings is 1. The summed E-state index contributed by atoms with van der Waals surface area (Å²) in [4.78, 5) is 6.73. The molecule has 0 amide bonds. The zero-order valence-corrected chi connectivity index (χ0v) is 17.6. The Morgan fingerprint density at radius 1 is 1.08 bits per heavy atom. The first-order chi connectivity index (χ1) is 12.3. The van der Waals surface area contributed by atoms with Crippen LogP contribution < -0.4 is 5.32 Å².